The topological polar surface area (TPSA) is 92.8 Å². The molecule has 2 heterocycles. The molecule has 7 heteroatoms. The molecule has 0 radical (unpaired) electrons. The van der Waals surface area contributed by atoms with Gasteiger partial charge in [0.05, 0.1) is 17.7 Å². The van der Waals surface area contributed by atoms with Crippen LogP contribution >= 0.6 is 0 Å². The third kappa shape index (κ3) is 5.68. The first kappa shape index (κ1) is 24.4. The first-order valence-electron chi connectivity index (χ1n) is 13.0. The zero-order valence-electron chi connectivity index (χ0n) is 20.0. The largest absolute Gasteiger partial charge is 0.493 e. The van der Waals surface area contributed by atoms with E-state index >= 15 is 0 Å². The maximum atomic E-state index is 13.1. The Labute approximate surface area is 201 Å². The third-order valence-electron chi connectivity index (χ3n) is 7.42. The molecule has 1 aliphatic carbocycles. The minimum Gasteiger partial charge on any atom is -0.493 e. The number of carbonyl (C=O) groups is 4. The Morgan fingerprint density at radius 1 is 0.853 bits per heavy atom. The van der Waals surface area contributed by atoms with Crippen LogP contribution in [0.3, 0.4) is 0 Å². The van der Waals surface area contributed by atoms with Crippen LogP contribution in [0.5, 0.6) is 5.75 Å². The summed E-state index contributed by atoms with van der Waals surface area (Å²) in [7, 11) is 0. The maximum absolute atomic E-state index is 13.1. The van der Waals surface area contributed by atoms with Gasteiger partial charge >= 0.3 is 0 Å². The third-order valence-corrected chi connectivity index (χ3v) is 7.42. The molecule has 7 nitrogen and oxygen atoms in total. The highest BCUT2D eigenvalue weighted by Crippen LogP contribution is 2.34. The van der Waals surface area contributed by atoms with Gasteiger partial charge < -0.3 is 4.74 Å². The van der Waals surface area contributed by atoms with Crippen LogP contribution < -0.4 is 10.1 Å². The number of amides is 4. The highest BCUT2D eigenvalue weighted by atomic mass is 16.5. The van der Waals surface area contributed by atoms with E-state index in [2.05, 4.69) is 5.32 Å². The van der Waals surface area contributed by atoms with E-state index in [-0.39, 0.29) is 29.9 Å². The summed E-state index contributed by atoms with van der Waals surface area (Å²) in [6, 6.07) is 4.02. The molecule has 1 N–H and O–H groups in total. The number of unbranched alkanes of at least 4 members (excludes halogenated alkanes) is 4. The number of piperidine rings is 1. The fourth-order valence-electron chi connectivity index (χ4n) is 5.50. The van der Waals surface area contributed by atoms with Crippen molar-refractivity contribution in [1.82, 2.24) is 10.2 Å². The van der Waals surface area contributed by atoms with E-state index < -0.39 is 23.8 Å². The minimum absolute atomic E-state index is 0.105. The molecule has 1 unspecified atom stereocenters. The molecule has 2 fully saturated rings. The lowest BCUT2D eigenvalue weighted by Gasteiger charge is -2.27. The molecule has 4 rings (SSSR count). The Morgan fingerprint density at radius 3 is 2.35 bits per heavy atom. The van der Waals surface area contributed by atoms with Crippen LogP contribution in [0.15, 0.2) is 18.2 Å². The van der Waals surface area contributed by atoms with Crippen LogP contribution in [0.25, 0.3) is 0 Å². The van der Waals surface area contributed by atoms with E-state index in [1.807, 2.05) is 0 Å². The SMILES string of the molecule is O=C1CCC(N2C(=O)c3cccc(OCCCCCCCC4CCCCCC4)c3C2=O)C(=O)N1. The van der Waals surface area contributed by atoms with Gasteiger partial charge in [0.15, 0.2) is 0 Å². The molecule has 184 valence electrons. The lowest BCUT2D eigenvalue weighted by molar-refractivity contribution is -0.136. The molecule has 0 bridgehead atoms. The average molecular weight is 469 g/mol. The number of nitrogens with zero attached hydrogens (tertiary/aromatic N) is 1. The quantitative estimate of drug-likeness (QED) is 0.303. The van der Waals surface area contributed by atoms with Crippen molar-refractivity contribution in [3.63, 3.8) is 0 Å². The first-order valence-corrected chi connectivity index (χ1v) is 13.0. The number of hydrogen-bond donors (Lipinski definition) is 1. The van der Waals surface area contributed by atoms with E-state index in [1.165, 1.54) is 64.2 Å². The zero-order chi connectivity index (χ0) is 23.9. The van der Waals surface area contributed by atoms with Crippen LogP contribution in [0, 0.1) is 5.92 Å². The number of fused-ring (bicyclic) bond motifs is 1. The normalized spacial score (nSPS) is 21.4. The van der Waals surface area contributed by atoms with Crippen molar-refractivity contribution < 1.29 is 23.9 Å². The molecule has 0 spiro atoms. The molecule has 0 aromatic heterocycles. The van der Waals surface area contributed by atoms with Crippen molar-refractivity contribution in [3.8, 4) is 5.75 Å². The van der Waals surface area contributed by atoms with Crippen LogP contribution in [-0.2, 0) is 9.59 Å². The fourth-order valence-corrected chi connectivity index (χ4v) is 5.50. The smallest absolute Gasteiger partial charge is 0.266 e. The predicted octanol–water partition coefficient (Wildman–Crippen LogP) is 4.78. The van der Waals surface area contributed by atoms with Gasteiger partial charge in [-0.3, -0.25) is 29.4 Å². The second-order valence-electron chi connectivity index (χ2n) is 9.89. The van der Waals surface area contributed by atoms with Crippen molar-refractivity contribution in [1.29, 1.82) is 0 Å². The second-order valence-corrected chi connectivity index (χ2v) is 9.89. The second kappa shape index (κ2) is 11.6. The number of ether oxygens (including phenoxy) is 1. The molecule has 4 amide bonds. The summed E-state index contributed by atoms with van der Waals surface area (Å²) >= 11 is 0. The monoisotopic (exact) mass is 468 g/mol. The van der Waals surface area contributed by atoms with Crippen LogP contribution in [0.4, 0.5) is 0 Å². The van der Waals surface area contributed by atoms with E-state index in [0.717, 1.165) is 23.7 Å². The molecule has 1 atom stereocenters. The molecular weight excluding hydrogens is 432 g/mol. The lowest BCUT2D eigenvalue weighted by atomic mass is 9.93. The Morgan fingerprint density at radius 2 is 1.59 bits per heavy atom. The average Bonchev–Trinajstić information content (AvgIpc) is 2.99. The van der Waals surface area contributed by atoms with Crippen LogP contribution in [0.2, 0.25) is 0 Å². The highest BCUT2D eigenvalue weighted by molar-refractivity contribution is 6.24. The van der Waals surface area contributed by atoms with Crippen molar-refractivity contribution in [2.45, 2.75) is 95.9 Å². The van der Waals surface area contributed by atoms with E-state index in [0.29, 0.717) is 12.4 Å². The summed E-state index contributed by atoms with van der Waals surface area (Å²) in [5.41, 5.74) is 0.478. The number of imide groups is 2. The molecule has 34 heavy (non-hydrogen) atoms. The predicted molar refractivity (Wildman–Crippen MR) is 128 cm³/mol. The maximum Gasteiger partial charge on any atom is 0.266 e. The van der Waals surface area contributed by atoms with Gasteiger partial charge in [-0.1, -0.05) is 76.7 Å². The summed E-state index contributed by atoms with van der Waals surface area (Å²) in [5, 5.41) is 2.22. The summed E-state index contributed by atoms with van der Waals surface area (Å²) in [6.07, 6.45) is 15.8. The van der Waals surface area contributed by atoms with Gasteiger partial charge in [-0.15, -0.1) is 0 Å². The summed E-state index contributed by atoms with van der Waals surface area (Å²) in [4.78, 5) is 50.6. The summed E-state index contributed by atoms with van der Waals surface area (Å²) < 4.78 is 5.91. The van der Waals surface area contributed by atoms with Crippen molar-refractivity contribution in [2.75, 3.05) is 6.61 Å². The minimum atomic E-state index is -0.962. The molecule has 3 aliphatic rings. The number of rotatable bonds is 10. The van der Waals surface area contributed by atoms with Gasteiger partial charge in [0.2, 0.25) is 11.8 Å². The lowest BCUT2D eigenvalue weighted by Crippen LogP contribution is -2.54. The number of nitrogens with one attached hydrogen (secondary N) is 1. The van der Waals surface area contributed by atoms with Gasteiger partial charge in [0.25, 0.3) is 11.8 Å². The molecular formula is C27H36N2O5. The van der Waals surface area contributed by atoms with Crippen molar-refractivity contribution >= 4 is 23.6 Å². The van der Waals surface area contributed by atoms with Crippen LogP contribution in [-0.4, -0.2) is 41.2 Å². The Balaban J connectivity index is 1.22. The van der Waals surface area contributed by atoms with E-state index in [1.54, 1.807) is 18.2 Å². The van der Waals surface area contributed by atoms with E-state index in [9.17, 15) is 19.2 Å². The number of carbonyl (C=O) groups excluding carboxylic acids is 4. The van der Waals surface area contributed by atoms with Gasteiger partial charge in [-0.2, -0.15) is 0 Å². The van der Waals surface area contributed by atoms with Crippen LogP contribution in [0.1, 0.15) is 111 Å². The van der Waals surface area contributed by atoms with E-state index in [4.69, 9.17) is 4.74 Å². The van der Waals surface area contributed by atoms with Crippen molar-refractivity contribution in [3.05, 3.63) is 29.3 Å². The Hall–Kier alpha value is -2.70. The fraction of sp³-hybridized carbons (Fsp3) is 0.630. The Kier molecular flexibility index (Phi) is 8.35. The van der Waals surface area contributed by atoms with Gasteiger partial charge in [0, 0.05) is 6.42 Å². The van der Waals surface area contributed by atoms with Crippen molar-refractivity contribution in [2.24, 2.45) is 5.92 Å². The molecule has 1 saturated heterocycles. The standard InChI is InChI=1S/C27H36N2O5/c30-23-17-16-21(25(31)28-23)29-26(32)20-14-10-15-22(24(20)27(29)33)34-18-9-5-1-2-6-11-19-12-7-3-4-8-13-19/h10,14-15,19,21H,1-9,11-13,16-18H2,(H,28,30,31). The first-order chi connectivity index (χ1) is 16.6. The molecule has 2 aliphatic heterocycles. The zero-order valence-corrected chi connectivity index (χ0v) is 20.0. The van der Waals surface area contributed by atoms with Gasteiger partial charge in [-0.25, -0.2) is 0 Å². The summed E-state index contributed by atoms with van der Waals surface area (Å²) in [6.45, 7) is 0.485. The van der Waals surface area contributed by atoms with Gasteiger partial charge in [-0.05, 0) is 30.9 Å². The van der Waals surface area contributed by atoms with Gasteiger partial charge in [0.1, 0.15) is 11.8 Å². The molecule has 1 saturated carbocycles. The highest BCUT2D eigenvalue weighted by Gasteiger charge is 2.45. The number of hydrogen-bond acceptors (Lipinski definition) is 5. The molecule has 1 aromatic rings. The summed E-state index contributed by atoms with van der Waals surface area (Å²) in [5.74, 6) is -0.694. The Bertz CT molecular complexity index is 920. The molecule has 1 aromatic carbocycles. The number of benzene rings is 1.